The molecule has 0 unspecified atom stereocenters. The molecule has 0 radical (unpaired) electrons. The molecule has 1 fully saturated rings. The monoisotopic (exact) mass is 374 g/mol. The average Bonchev–Trinajstić information content (AvgIpc) is 2.93. The van der Waals surface area contributed by atoms with E-state index in [9.17, 15) is 4.79 Å². The highest BCUT2D eigenvalue weighted by atomic mass is 35.5. The van der Waals surface area contributed by atoms with Gasteiger partial charge < -0.3 is 16.9 Å². The highest BCUT2D eigenvalue weighted by molar-refractivity contribution is 5.77. The van der Waals surface area contributed by atoms with Gasteiger partial charge in [-0.15, -0.1) is 0 Å². The van der Waals surface area contributed by atoms with Gasteiger partial charge in [0.05, 0.1) is 20.6 Å². The Kier molecular flexibility index (Phi) is 14.7. The first kappa shape index (κ1) is 24.7. The summed E-state index contributed by atoms with van der Waals surface area (Å²) in [4.78, 5) is 13.8. The maximum absolute atomic E-state index is 11.7. The lowest BCUT2D eigenvalue weighted by atomic mass is 10.1. The van der Waals surface area contributed by atoms with E-state index in [4.69, 9.17) is 0 Å². The van der Waals surface area contributed by atoms with Crippen molar-refractivity contribution in [1.82, 2.24) is 4.90 Å². The molecular formula is C21H43ClN2O. The lowest BCUT2D eigenvalue weighted by Gasteiger charge is -2.33. The van der Waals surface area contributed by atoms with E-state index in [0.29, 0.717) is 5.91 Å². The van der Waals surface area contributed by atoms with Crippen molar-refractivity contribution < 1.29 is 21.7 Å². The number of unbranched alkanes of at least 4 members (excludes halogenated alkanes) is 11. The third-order valence-electron chi connectivity index (χ3n) is 5.34. The number of carbonyl (C=O) groups excluding carboxylic acids is 1. The first-order chi connectivity index (χ1) is 11.5. The minimum absolute atomic E-state index is 0. The quantitative estimate of drug-likeness (QED) is 0.318. The van der Waals surface area contributed by atoms with Crippen LogP contribution < -0.4 is 12.4 Å². The first-order valence-corrected chi connectivity index (χ1v) is 10.6. The largest absolute Gasteiger partial charge is 1.00 e. The van der Waals surface area contributed by atoms with Gasteiger partial charge in [-0.3, -0.25) is 9.69 Å². The number of carbonyl (C=O) groups is 1. The van der Waals surface area contributed by atoms with Crippen molar-refractivity contribution in [2.75, 3.05) is 33.9 Å². The second-order valence-electron chi connectivity index (χ2n) is 8.45. The van der Waals surface area contributed by atoms with E-state index in [1.165, 1.54) is 83.6 Å². The van der Waals surface area contributed by atoms with Gasteiger partial charge in [0.25, 0.3) is 0 Å². The summed E-state index contributed by atoms with van der Waals surface area (Å²) >= 11 is 0. The molecule has 0 N–H and O–H groups in total. The minimum Gasteiger partial charge on any atom is -1.00 e. The molecule has 4 heteroatoms. The second kappa shape index (κ2) is 14.8. The third-order valence-corrected chi connectivity index (χ3v) is 5.34. The Bertz CT molecular complexity index is 334. The molecule has 0 atom stereocenters. The van der Waals surface area contributed by atoms with Crippen molar-refractivity contribution in [3.8, 4) is 0 Å². The van der Waals surface area contributed by atoms with Crippen LogP contribution in [0.1, 0.15) is 96.8 Å². The summed E-state index contributed by atoms with van der Waals surface area (Å²) < 4.78 is 0.962. The molecule has 3 nitrogen and oxygen atoms in total. The zero-order chi connectivity index (χ0) is 17.7. The Labute approximate surface area is 163 Å². The number of likely N-dealkylation sites (tertiary alicyclic amines) is 1. The standard InChI is InChI=1S/C21H43N2O.ClH/c1-4-5-6-7-8-9-10-11-12-13-14-15-19-23(2,3)20-22-18-16-17-21(22)24;/h4-20H2,1-3H3;1H/q+1;/p-1. The van der Waals surface area contributed by atoms with Gasteiger partial charge in [0.15, 0.2) is 6.67 Å². The van der Waals surface area contributed by atoms with E-state index >= 15 is 0 Å². The Hall–Kier alpha value is -0.280. The molecule has 1 rings (SSSR count). The van der Waals surface area contributed by atoms with Crippen molar-refractivity contribution >= 4 is 5.91 Å². The smallest absolute Gasteiger partial charge is 0.226 e. The van der Waals surface area contributed by atoms with Crippen LogP contribution in [0, 0.1) is 0 Å². The van der Waals surface area contributed by atoms with Gasteiger partial charge in [0, 0.05) is 13.0 Å². The molecule has 0 aliphatic carbocycles. The molecule has 0 spiro atoms. The minimum atomic E-state index is 0. The maximum Gasteiger partial charge on any atom is 0.226 e. The van der Waals surface area contributed by atoms with Crippen molar-refractivity contribution in [2.45, 2.75) is 96.8 Å². The van der Waals surface area contributed by atoms with Crippen molar-refractivity contribution in [1.29, 1.82) is 0 Å². The van der Waals surface area contributed by atoms with Crippen molar-refractivity contribution in [3.63, 3.8) is 0 Å². The van der Waals surface area contributed by atoms with Crippen molar-refractivity contribution in [3.05, 3.63) is 0 Å². The van der Waals surface area contributed by atoms with Crippen LogP contribution in [0.4, 0.5) is 0 Å². The van der Waals surface area contributed by atoms with E-state index in [1.54, 1.807) is 0 Å². The fourth-order valence-electron chi connectivity index (χ4n) is 3.77. The van der Waals surface area contributed by atoms with Gasteiger partial charge >= 0.3 is 0 Å². The molecule has 150 valence electrons. The first-order valence-electron chi connectivity index (χ1n) is 10.6. The lowest BCUT2D eigenvalue weighted by Crippen LogP contribution is -3.00. The molecule has 0 aromatic carbocycles. The zero-order valence-corrected chi connectivity index (χ0v) is 18.0. The Morgan fingerprint density at radius 1 is 0.840 bits per heavy atom. The third kappa shape index (κ3) is 12.7. The summed E-state index contributed by atoms with van der Waals surface area (Å²) in [5.41, 5.74) is 0. The molecular weight excluding hydrogens is 332 g/mol. The molecule has 1 saturated heterocycles. The second-order valence-corrected chi connectivity index (χ2v) is 8.45. The SMILES string of the molecule is CCCCCCCCCCCCCC[N+](C)(C)CN1CCCC1=O.[Cl-]. The summed E-state index contributed by atoms with van der Waals surface area (Å²) in [5, 5.41) is 0. The summed E-state index contributed by atoms with van der Waals surface area (Å²) in [5.74, 6) is 0.357. The summed E-state index contributed by atoms with van der Waals surface area (Å²) in [6, 6.07) is 0. The number of quaternary nitrogens is 1. The zero-order valence-electron chi connectivity index (χ0n) is 17.2. The number of nitrogens with zero attached hydrogens (tertiary/aromatic N) is 2. The van der Waals surface area contributed by atoms with Gasteiger partial charge in [-0.1, -0.05) is 71.1 Å². The normalized spacial score (nSPS) is 14.8. The van der Waals surface area contributed by atoms with Gasteiger partial charge in [0.2, 0.25) is 5.91 Å². The molecule has 1 amide bonds. The predicted molar refractivity (Wildman–Crippen MR) is 104 cm³/mol. The van der Waals surface area contributed by atoms with Crippen LogP contribution in [0.3, 0.4) is 0 Å². The fourth-order valence-corrected chi connectivity index (χ4v) is 3.77. The fraction of sp³-hybridized carbons (Fsp3) is 0.952. The lowest BCUT2D eigenvalue weighted by molar-refractivity contribution is -0.899. The molecule has 1 aliphatic heterocycles. The summed E-state index contributed by atoms with van der Waals surface area (Å²) in [6.45, 7) is 5.35. The van der Waals surface area contributed by atoms with Crippen molar-refractivity contribution in [2.24, 2.45) is 0 Å². The summed E-state index contributed by atoms with van der Waals surface area (Å²) in [7, 11) is 4.54. The van der Waals surface area contributed by atoms with Crippen LogP contribution >= 0.6 is 0 Å². The molecule has 0 bridgehead atoms. The average molecular weight is 375 g/mol. The van der Waals surface area contributed by atoms with Crippen LogP contribution in [0.2, 0.25) is 0 Å². The maximum atomic E-state index is 11.7. The number of amides is 1. The number of rotatable bonds is 15. The highest BCUT2D eigenvalue weighted by Crippen LogP contribution is 2.15. The number of hydrogen-bond donors (Lipinski definition) is 0. The highest BCUT2D eigenvalue weighted by Gasteiger charge is 2.26. The Morgan fingerprint density at radius 3 is 1.76 bits per heavy atom. The van der Waals surface area contributed by atoms with Crippen LogP contribution in [0.15, 0.2) is 0 Å². The molecule has 1 heterocycles. The Morgan fingerprint density at radius 2 is 1.32 bits per heavy atom. The molecule has 1 aliphatic rings. The molecule has 0 saturated carbocycles. The van der Waals surface area contributed by atoms with Gasteiger partial charge in [0.1, 0.15) is 0 Å². The van der Waals surface area contributed by atoms with Crippen LogP contribution in [0.25, 0.3) is 0 Å². The Balaban J connectivity index is 0.00000576. The number of hydrogen-bond acceptors (Lipinski definition) is 1. The van der Waals surface area contributed by atoms with E-state index in [0.717, 1.165) is 30.5 Å². The summed E-state index contributed by atoms with van der Waals surface area (Å²) in [6.07, 6.45) is 18.7. The van der Waals surface area contributed by atoms with Gasteiger partial charge in [-0.2, -0.15) is 0 Å². The van der Waals surface area contributed by atoms with E-state index < -0.39 is 0 Å². The van der Waals surface area contributed by atoms with E-state index in [-0.39, 0.29) is 12.4 Å². The topological polar surface area (TPSA) is 20.3 Å². The van der Waals surface area contributed by atoms with Gasteiger partial charge in [-0.25, -0.2) is 0 Å². The molecule has 0 aromatic rings. The number of halogens is 1. The van der Waals surface area contributed by atoms with Crippen LogP contribution in [-0.4, -0.2) is 49.1 Å². The molecule has 0 aromatic heterocycles. The molecule has 25 heavy (non-hydrogen) atoms. The van der Waals surface area contributed by atoms with Crippen LogP contribution in [-0.2, 0) is 4.79 Å². The predicted octanol–water partition coefficient (Wildman–Crippen LogP) is 2.35. The van der Waals surface area contributed by atoms with E-state index in [2.05, 4.69) is 25.9 Å². The van der Waals surface area contributed by atoms with Crippen LogP contribution in [0.5, 0.6) is 0 Å². The van der Waals surface area contributed by atoms with Gasteiger partial charge in [-0.05, 0) is 19.3 Å². The van der Waals surface area contributed by atoms with E-state index in [1.807, 2.05) is 0 Å².